The van der Waals surface area contributed by atoms with Crippen LogP contribution in [-0.4, -0.2) is 38.2 Å². The molecule has 0 atom stereocenters. The van der Waals surface area contributed by atoms with E-state index in [-0.39, 0.29) is 18.2 Å². The number of nitrogens with one attached hydrogen (secondary N) is 2. The number of hydrogen-bond acceptors (Lipinski definition) is 5. The largest absolute Gasteiger partial charge is 0.370 e. The Labute approximate surface area is 119 Å². The van der Waals surface area contributed by atoms with Gasteiger partial charge in [0.1, 0.15) is 5.82 Å². The quantitative estimate of drug-likeness (QED) is 0.660. The summed E-state index contributed by atoms with van der Waals surface area (Å²) in [6, 6.07) is 3.32. The lowest BCUT2D eigenvalue weighted by Crippen LogP contribution is -2.31. The van der Waals surface area contributed by atoms with Gasteiger partial charge in [0.15, 0.2) is 0 Å². The van der Waals surface area contributed by atoms with E-state index in [9.17, 15) is 13.2 Å². The van der Waals surface area contributed by atoms with Gasteiger partial charge in [-0.25, -0.2) is 18.5 Å². The number of primary sulfonamides is 1. The van der Waals surface area contributed by atoms with Gasteiger partial charge in [-0.15, -0.1) is 0 Å². The van der Waals surface area contributed by atoms with Crippen molar-refractivity contribution in [3.05, 3.63) is 23.4 Å². The summed E-state index contributed by atoms with van der Waals surface area (Å²) in [5.41, 5.74) is 1.24. The summed E-state index contributed by atoms with van der Waals surface area (Å²) in [5, 5.41) is 10.4. The van der Waals surface area contributed by atoms with E-state index in [0.29, 0.717) is 24.3 Å². The molecule has 0 aliphatic carbocycles. The number of carbonyl (C=O) groups excluding carboxylic acids is 1. The zero-order chi connectivity index (χ0) is 15.2. The number of hydrogen-bond donors (Lipinski definition) is 3. The Morgan fingerprint density at radius 3 is 2.60 bits per heavy atom. The molecule has 0 saturated carbocycles. The number of anilines is 1. The number of aryl methyl sites for hydroxylation is 1. The maximum Gasteiger partial charge on any atom is 0.251 e. The molecule has 0 aliphatic heterocycles. The lowest BCUT2D eigenvalue weighted by atomic mass is 10.2. The number of rotatable bonds is 7. The Morgan fingerprint density at radius 1 is 1.35 bits per heavy atom. The van der Waals surface area contributed by atoms with Crippen molar-refractivity contribution >= 4 is 21.7 Å². The molecule has 0 aromatic carbocycles. The molecule has 0 spiro atoms. The second kappa shape index (κ2) is 7.20. The molecule has 0 aliphatic rings. The average molecular weight is 300 g/mol. The minimum absolute atomic E-state index is 0.0159. The number of aromatic nitrogens is 1. The molecule has 1 amide bonds. The minimum Gasteiger partial charge on any atom is -0.370 e. The number of nitrogens with two attached hydrogens (primary N) is 1. The Morgan fingerprint density at radius 2 is 2.05 bits per heavy atom. The van der Waals surface area contributed by atoms with Gasteiger partial charge < -0.3 is 10.6 Å². The van der Waals surface area contributed by atoms with E-state index in [1.54, 1.807) is 12.1 Å². The number of sulfonamides is 1. The molecule has 1 aromatic rings. The number of amides is 1. The molecular weight excluding hydrogens is 280 g/mol. The summed E-state index contributed by atoms with van der Waals surface area (Å²) in [6.07, 6.45) is 0.705. The highest BCUT2D eigenvalue weighted by Gasteiger charge is 2.10. The van der Waals surface area contributed by atoms with Gasteiger partial charge >= 0.3 is 0 Å². The summed E-state index contributed by atoms with van der Waals surface area (Å²) in [6.45, 7) is 4.57. The van der Waals surface area contributed by atoms with Crippen LogP contribution >= 0.6 is 0 Å². The molecule has 1 heterocycles. The maximum atomic E-state index is 12.0. The molecule has 20 heavy (non-hydrogen) atoms. The van der Waals surface area contributed by atoms with Crippen LogP contribution in [0.4, 0.5) is 5.82 Å². The highest BCUT2D eigenvalue weighted by atomic mass is 32.2. The SMILES string of the molecule is CCNc1cc(C(=O)NCCS(N)(=O)=O)cc(CC)n1. The lowest BCUT2D eigenvalue weighted by Gasteiger charge is -2.09. The third kappa shape index (κ3) is 5.54. The predicted octanol–water partition coefficient (Wildman–Crippen LogP) is 0.0941. The van der Waals surface area contributed by atoms with Gasteiger partial charge in [-0.3, -0.25) is 4.79 Å². The van der Waals surface area contributed by atoms with Crippen LogP contribution in [0.15, 0.2) is 12.1 Å². The van der Waals surface area contributed by atoms with Gasteiger partial charge in [-0.2, -0.15) is 0 Å². The molecule has 1 rings (SSSR count). The Hall–Kier alpha value is -1.67. The second-order valence-corrected chi connectivity index (χ2v) is 5.97. The van der Waals surface area contributed by atoms with E-state index in [2.05, 4.69) is 15.6 Å². The molecule has 112 valence electrons. The smallest absolute Gasteiger partial charge is 0.251 e. The zero-order valence-electron chi connectivity index (χ0n) is 11.6. The number of nitrogens with zero attached hydrogens (tertiary/aromatic N) is 1. The Balaban J connectivity index is 2.78. The van der Waals surface area contributed by atoms with Crippen molar-refractivity contribution in [2.75, 3.05) is 24.2 Å². The Kier molecular flexibility index (Phi) is 5.90. The van der Waals surface area contributed by atoms with Gasteiger partial charge in [0.2, 0.25) is 10.0 Å². The van der Waals surface area contributed by atoms with Crippen LogP contribution in [0, 0.1) is 0 Å². The molecule has 0 saturated heterocycles. The lowest BCUT2D eigenvalue weighted by molar-refractivity contribution is 0.0956. The highest BCUT2D eigenvalue weighted by Crippen LogP contribution is 2.11. The standard InChI is InChI=1S/C12H20N4O3S/c1-3-10-7-9(8-11(16-10)14-4-2)12(17)15-5-6-20(13,18)19/h7-8H,3-6H2,1-2H3,(H,14,16)(H,15,17)(H2,13,18,19). The van der Waals surface area contributed by atoms with Crippen LogP contribution in [0.1, 0.15) is 29.9 Å². The molecule has 1 aromatic heterocycles. The first-order valence-corrected chi connectivity index (χ1v) is 8.10. The van der Waals surface area contributed by atoms with Crippen molar-refractivity contribution in [1.82, 2.24) is 10.3 Å². The number of pyridine rings is 1. The van der Waals surface area contributed by atoms with Gasteiger partial charge in [0.05, 0.1) is 5.75 Å². The van der Waals surface area contributed by atoms with Gasteiger partial charge in [0.25, 0.3) is 5.91 Å². The second-order valence-electron chi connectivity index (χ2n) is 4.24. The molecule has 0 fully saturated rings. The van der Waals surface area contributed by atoms with Crippen LogP contribution in [0.5, 0.6) is 0 Å². The zero-order valence-corrected chi connectivity index (χ0v) is 12.5. The first-order valence-electron chi connectivity index (χ1n) is 6.39. The monoisotopic (exact) mass is 300 g/mol. The summed E-state index contributed by atoms with van der Waals surface area (Å²) in [4.78, 5) is 16.3. The van der Waals surface area contributed by atoms with E-state index in [0.717, 1.165) is 5.69 Å². The fraction of sp³-hybridized carbons (Fsp3) is 0.500. The normalized spacial score (nSPS) is 11.2. The fourth-order valence-electron chi connectivity index (χ4n) is 1.58. The highest BCUT2D eigenvalue weighted by molar-refractivity contribution is 7.89. The predicted molar refractivity (Wildman–Crippen MR) is 78.1 cm³/mol. The van der Waals surface area contributed by atoms with Crippen molar-refractivity contribution < 1.29 is 13.2 Å². The molecule has 0 radical (unpaired) electrons. The first kappa shape index (κ1) is 16.4. The average Bonchev–Trinajstić information content (AvgIpc) is 2.37. The van der Waals surface area contributed by atoms with E-state index in [1.807, 2.05) is 13.8 Å². The molecule has 8 heteroatoms. The third-order valence-electron chi connectivity index (χ3n) is 2.53. The van der Waals surface area contributed by atoms with Gasteiger partial charge in [-0.1, -0.05) is 6.92 Å². The third-order valence-corrected chi connectivity index (χ3v) is 3.31. The van der Waals surface area contributed by atoms with Gasteiger partial charge in [0, 0.05) is 24.3 Å². The summed E-state index contributed by atoms with van der Waals surface area (Å²) in [7, 11) is -3.57. The summed E-state index contributed by atoms with van der Waals surface area (Å²) < 4.78 is 21.6. The van der Waals surface area contributed by atoms with Crippen molar-refractivity contribution in [2.24, 2.45) is 5.14 Å². The molecular formula is C12H20N4O3S. The molecule has 0 unspecified atom stereocenters. The summed E-state index contributed by atoms with van der Waals surface area (Å²) in [5.74, 6) is -0.00167. The minimum atomic E-state index is -3.57. The van der Waals surface area contributed by atoms with Crippen molar-refractivity contribution in [3.63, 3.8) is 0 Å². The first-order chi connectivity index (χ1) is 9.35. The van der Waals surface area contributed by atoms with Crippen molar-refractivity contribution in [3.8, 4) is 0 Å². The molecule has 0 bridgehead atoms. The summed E-state index contributed by atoms with van der Waals surface area (Å²) >= 11 is 0. The number of carbonyl (C=O) groups is 1. The van der Waals surface area contributed by atoms with Crippen LogP contribution in [0.2, 0.25) is 0 Å². The van der Waals surface area contributed by atoms with Gasteiger partial charge in [-0.05, 0) is 25.5 Å². The van der Waals surface area contributed by atoms with E-state index in [4.69, 9.17) is 5.14 Å². The topological polar surface area (TPSA) is 114 Å². The van der Waals surface area contributed by atoms with E-state index < -0.39 is 10.0 Å². The van der Waals surface area contributed by atoms with Crippen LogP contribution < -0.4 is 15.8 Å². The van der Waals surface area contributed by atoms with Crippen LogP contribution in [0.3, 0.4) is 0 Å². The Bertz CT molecular complexity index is 572. The maximum absolute atomic E-state index is 12.0. The van der Waals surface area contributed by atoms with E-state index >= 15 is 0 Å². The van der Waals surface area contributed by atoms with Crippen molar-refractivity contribution in [2.45, 2.75) is 20.3 Å². The fourth-order valence-corrected chi connectivity index (χ4v) is 1.97. The van der Waals surface area contributed by atoms with Crippen molar-refractivity contribution in [1.29, 1.82) is 0 Å². The molecule has 4 N–H and O–H groups in total. The van der Waals surface area contributed by atoms with E-state index in [1.165, 1.54) is 0 Å². The van der Waals surface area contributed by atoms with Crippen LogP contribution in [-0.2, 0) is 16.4 Å². The van der Waals surface area contributed by atoms with Crippen LogP contribution in [0.25, 0.3) is 0 Å². The molecule has 7 nitrogen and oxygen atoms in total.